The van der Waals surface area contributed by atoms with Gasteiger partial charge in [0, 0.05) is 26.0 Å². The lowest BCUT2D eigenvalue weighted by atomic mass is 10.0. The summed E-state index contributed by atoms with van der Waals surface area (Å²) in [5, 5.41) is 0.437. The molecular weight excluding hydrogens is 271 g/mol. The fourth-order valence-corrected chi connectivity index (χ4v) is 3.55. The van der Waals surface area contributed by atoms with Gasteiger partial charge in [0.2, 0.25) is 0 Å². The topological polar surface area (TPSA) is 71.1 Å². The van der Waals surface area contributed by atoms with Gasteiger partial charge in [-0.05, 0) is 26.8 Å². The summed E-state index contributed by atoms with van der Waals surface area (Å²) in [6.07, 6.45) is 1.58. The Morgan fingerprint density at radius 1 is 1.53 bits per heavy atom. The van der Waals surface area contributed by atoms with Crippen LogP contribution in [0.5, 0.6) is 0 Å². The van der Waals surface area contributed by atoms with Gasteiger partial charge in [0.05, 0.1) is 12.7 Å². The summed E-state index contributed by atoms with van der Waals surface area (Å²) in [5.41, 5.74) is -1.27. The number of carbonyl (C=O) groups is 1. The summed E-state index contributed by atoms with van der Waals surface area (Å²) in [6, 6.07) is 0. The first-order valence-corrected chi connectivity index (χ1v) is 7.64. The molecule has 0 aromatic heterocycles. The van der Waals surface area contributed by atoms with E-state index in [1.54, 1.807) is 20.8 Å². The number of carbonyl (C=O) groups excluding carboxylic acids is 1. The smallest absolute Gasteiger partial charge is 0.356 e. The maximum atomic E-state index is 12.4. The SMILES string of the molecule is CCOC(=O)C1(C)C=C(P(=O)(OC)OC)CC(C)O1. The summed E-state index contributed by atoms with van der Waals surface area (Å²) in [5.74, 6) is -0.516. The van der Waals surface area contributed by atoms with Crippen molar-refractivity contribution in [2.45, 2.75) is 38.9 Å². The molecule has 1 heterocycles. The molecule has 0 spiro atoms. The second-order valence-electron chi connectivity index (χ2n) is 4.46. The Hall–Kier alpha value is -0.680. The van der Waals surface area contributed by atoms with Crippen molar-refractivity contribution >= 4 is 13.6 Å². The van der Waals surface area contributed by atoms with Gasteiger partial charge in [-0.25, -0.2) is 4.79 Å². The molecular formula is C12H21O6P. The summed E-state index contributed by atoms with van der Waals surface area (Å²) in [7, 11) is -0.734. The molecule has 1 rings (SSSR count). The van der Waals surface area contributed by atoms with Crippen molar-refractivity contribution in [1.82, 2.24) is 0 Å². The highest BCUT2D eigenvalue weighted by atomic mass is 31.2. The van der Waals surface area contributed by atoms with Crippen molar-refractivity contribution < 1.29 is 27.9 Å². The van der Waals surface area contributed by atoms with Gasteiger partial charge in [0.25, 0.3) is 0 Å². The van der Waals surface area contributed by atoms with Crippen LogP contribution in [-0.4, -0.2) is 38.5 Å². The van der Waals surface area contributed by atoms with Gasteiger partial charge >= 0.3 is 13.6 Å². The largest absolute Gasteiger partial charge is 0.464 e. The van der Waals surface area contributed by atoms with Crippen LogP contribution in [0.4, 0.5) is 0 Å². The van der Waals surface area contributed by atoms with Crippen LogP contribution in [0.3, 0.4) is 0 Å². The Labute approximate surface area is 113 Å². The van der Waals surface area contributed by atoms with Gasteiger partial charge in [-0.2, -0.15) is 0 Å². The Balaban J connectivity index is 3.15. The van der Waals surface area contributed by atoms with Crippen molar-refractivity contribution in [1.29, 1.82) is 0 Å². The molecule has 1 aliphatic rings. The maximum absolute atomic E-state index is 12.4. The van der Waals surface area contributed by atoms with Crippen LogP contribution in [0.25, 0.3) is 0 Å². The second kappa shape index (κ2) is 6.18. The van der Waals surface area contributed by atoms with Crippen molar-refractivity contribution in [3.8, 4) is 0 Å². The van der Waals surface area contributed by atoms with Crippen LogP contribution in [-0.2, 0) is 27.9 Å². The van der Waals surface area contributed by atoms with Crippen molar-refractivity contribution in [3.05, 3.63) is 11.4 Å². The molecule has 0 aromatic carbocycles. The number of hydrogen-bond donors (Lipinski definition) is 0. The molecule has 2 unspecified atom stereocenters. The summed E-state index contributed by atoms with van der Waals surface area (Å²) in [6.45, 7) is 5.34. The molecule has 0 saturated carbocycles. The predicted octanol–water partition coefficient (Wildman–Crippen LogP) is 2.49. The Morgan fingerprint density at radius 3 is 2.58 bits per heavy atom. The van der Waals surface area contributed by atoms with Crippen LogP contribution in [0.15, 0.2) is 11.4 Å². The fraction of sp³-hybridized carbons (Fsp3) is 0.750. The molecule has 19 heavy (non-hydrogen) atoms. The van der Waals surface area contributed by atoms with E-state index in [0.717, 1.165) is 0 Å². The zero-order valence-electron chi connectivity index (χ0n) is 12.0. The number of rotatable bonds is 5. The quantitative estimate of drug-likeness (QED) is 0.572. The standard InChI is InChI=1S/C12H21O6P/c1-6-17-11(13)12(3)8-10(7-9(2)18-12)19(14,15-4)16-5/h8-9H,6-7H2,1-5H3. The lowest BCUT2D eigenvalue weighted by Crippen LogP contribution is -2.43. The van der Waals surface area contributed by atoms with E-state index in [9.17, 15) is 9.36 Å². The lowest BCUT2D eigenvalue weighted by Gasteiger charge is -2.34. The Morgan fingerprint density at radius 2 is 2.11 bits per heavy atom. The van der Waals surface area contributed by atoms with E-state index in [4.69, 9.17) is 18.5 Å². The van der Waals surface area contributed by atoms with E-state index in [0.29, 0.717) is 11.7 Å². The van der Waals surface area contributed by atoms with Gasteiger partial charge in [-0.15, -0.1) is 0 Å². The normalized spacial score (nSPS) is 27.8. The fourth-order valence-electron chi connectivity index (χ4n) is 2.05. The average molecular weight is 292 g/mol. The minimum Gasteiger partial charge on any atom is -0.464 e. The Kier molecular flexibility index (Phi) is 5.33. The molecule has 2 atom stereocenters. The maximum Gasteiger partial charge on any atom is 0.356 e. The molecule has 0 amide bonds. The molecule has 1 aliphatic heterocycles. The van der Waals surface area contributed by atoms with Crippen LogP contribution in [0, 0.1) is 0 Å². The second-order valence-corrected chi connectivity index (χ2v) is 6.76. The monoisotopic (exact) mass is 292 g/mol. The zero-order valence-corrected chi connectivity index (χ0v) is 12.9. The van der Waals surface area contributed by atoms with E-state index in [-0.39, 0.29) is 12.7 Å². The minimum atomic E-state index is -3.36. The molecule has 0 aliphatic carbocycles. The summed E-state index contributed by atoms with van der Waals surface area (Å²) in [4.78, 5) is 12.0. The third-order valence-corrected chi connectivity index (χ3v) is 4.87. The molecule has 0 radical (unpaired) electrons. The minimum absolute atomic E-state index is 0.252. The molecule has 110 valence electrons. The molecule has 0 saturated heterocycles. The first kappa shape index (κ1) is 16.4. The highest BCUT2D eigenvalue weighted by Gasteiger charge is 2.43. The van der Waals surface area contributed by atoms with Crippen molar-refractivity contribution in [2.75, 3.05) is 20.8 Å². The van der Waals surface area contributed by atoms with Crippen LogP contribution < -0.4 is 0 Å². The van der Waals surface area contributed by atoms with Gasteiger partial charge < -0.3 is 18.5 Å². The first-order chi connectivity index (χ1) is 8.81. The summed E-state index contributed by atoms with van der Waals surface area (Å²) < 4.78 is 32.9. The summed E-state index contributed by atoms with van der Waals surface area (Å²) >= 11 is 0. The van der Waals surface area contributed by atoms with Crippen molar-refractivity contribution in [2.24, 2.45) is 0 Å². The third-order valence-electron chi connectivity index (χ3n) is 2.90. The number of ether oxygens (including phenoxy) is 2. The van der Waals surface area contributed by atoms with Crippen LogP contribution >= 0.6 is 7.60 Å². The molecule has 7 heteroatoms. The van der Waals surface area contributed by atoms with E-state index < -0.39 is 19.2 Å². The van der Waals surface area contributed by atoms with E-state index in [2.05, 4.69) is 0 Å². The van der Waals surface area contributed by atoms with E-state index >= 15 is 0 Å². The van der Waals surface area contributed by atoms with E-state index in [1.165, 1.54) is 20.3 Å². The number of esters is 1. The first-order valence-electron chi connectivity index (χ1n) is 6.10. The van der Waals surface area contributed by atoms with Gasteiger partial charge in [0.1, 0.15) is 0 Å². The molecule has 0 aromatic rings. The molecule has 0 fully saturated rings. The number of hydrogen-bond acceptors (Lipinski definition) is 6. The highest BCUT2D eigenvalue weighted by Crippen LogP contribution is 2.58. The molecule has 0 bridgehead atoms. The van der Waals surface area contributed by atoms with E-state index in [1.807, 2.05) is 0 Å². The third kappa shape index (κ3) is 3.45. The predicted molar refractivity (Wildman–Crippen MR) is 69.9 cm³/mol. The van der Waals surface area contributed by atoms with Gasteiger partial charge in [-0.1, -0.05) is 0 Å². The molecule has 6 nitrogen and oxygen atoms in total. The average Bonchev–Trinajstić information content (AvgIpc) is 2.37. The Bertz CT molecular complexity index is 410. The zero-order chi connectivity index (χ0) is 14.7. The van der Waals surface area contributed by atoms with Crippen molar-refractivity contribution in [3.63, 3.8) is 0 Å². The van der Waals surface area contributed by atoms with Crippen LogP contribution in [0.2, 0.25) is 0 Å². The van der Waals surface area contributed by atoms with Gasteiger partial charge in [-0.3, -0.25) is 4.57 Å². The van der Waals surface area contributed by atoms with Crippen LogP contribution in [0.1, 0.15) is 27.2 Å². The molecule has 0 N–H and O–H groups in total. The van der Waals surface area contributed by atoms with Gasteiger partial charge in [0.15, 0.2) is 5.60 Å². The lowest BCUT2D eigenvalue weighted by molar-refractivity contribution is -0.170. The highest BCUT2D eigenvalue weighted by molar-refractivity contribution is 7.58.